The molecular weight excluding hydrogens is 374 g/mol. The van der Waals surface area contributed by atoms with Gasteiger partial charge in [-0.05, 0) is 61.1 Å². The number of carbonyl (C=O) groups is 1. The number of amides is 1. The molecule has 1 aromatic carbocycles. The van der Waals surface area contributed by atoms with Gasteiger partial charge in [0.15, 0.2) is 0 Å². The number of benzene rings is 1. The first kappa shape index (κ1) is 19.7. The lowest BCUT2D eigenvalue weighted by Crippen LogP contribution is -2.68. The van der Waals surface area contributed by atoms with Gasteiger partial charge in [0.1, 0.15) is 0 Å². The van der Waals surface area contributed by atoms with Gasteiger partial charge in [-0.3, -0.25) is 14.7 Å². The molecule has 0 spiro atoms. The third-order valence-electron chi connectivity index (χ3n) is 7.45. The van der Waals surface area contributed by atoms with Gasteiger partial charge in [-0.25, -0.2) is 0 Å². The highest BCUT2D eigenvalue weighted by atomic mass is 16.3. The molecular formula is C25H31N3O2. The van der Waals surface area contributed by atoms with Gasteiger partial charge in [0.2, 0.25) is 5.91 Å². The van der Waals surface area contributed by atoms with E-state index in [2.05, 4.69) is 39.0 Å². The van der Waals surface area contributed by atoms with Crippen molar-refractivity contribution in [3.63, 3.8) is 0 Å². The van der Waals surface area contributed by atoms with E-state index in [1.807, 2.05) is 24.5 Å². The number of aromatic nitrogens is 1. The summed E-state index contributed by atoms with van der Waals surface area (Å²) < 4.78 is 0. The molecule has 2 aromatic rings. The van der Waals surface area contributed by atoms with E-state index in [1.54, 1.807) is 0 Å². The number of rotatable bonds is 4. The highest BCUT2D eigenvalue weighted by Gasteiger charge is 2.49. The topological polar surface area (TPSA) is 56.7 Å². The van der Waals surface area contributed by atoms with Gasteiger partial charge in [-0.15, -0.1) is 0 Å². The molecule has 5 rings (SSSR count). The van der Waals surface area contributed by atoms with Gasteiger partial charge in [0.05, 0.1) is 6.61 Å². The minimum absolute atomic E-state index is 0.153. The molecule has 5 heteroatoms. The fourth-order valence-electron chi connectivity index (χ4n) is 5.50. The zero-order chi connectivity index (χ0) is 20.5. The summed E-state index contributed by atoms with van der Waals surface area (Å²) in [6.07, 6.45) is 9.10. The number of pyridine rings is 1. The highest BCUT2D eigenvalue weighted by Crippen LogP contribution is 2.42. The van der Waals surface area contributed by atoms with E-state index < -0.39 is 0 Å². The zero-order valence-electron chi connectivity index (χ0n) is 17.5. The van der Waals surface area contributed by atoms with Gasteiger partial charge >= 0.3 is 0 Å². The Morgan fingerprint density at radius 3 is 2.33 bits per heavy atom. The predicted octanol–water partition coefficient (Wildman–Crippen LogP) is 3.30. The van der Waals surface area contributed by atoms with Crippen LogP contribution in [0, 0.1) is 5.92 Å². The summed E-state index contributed by atoms with van der Waals surface area (Å²) in [4.78, 5) is 21.6. The Balaban J connectivity index is 1.37. The molecule has 0 radical (unpaired) electrons. The molecule has 3 fully saturated rings. The number of aliphatic hydroxyl groups excluding tert-OH is 1. The average Bonchev–Trinajstić information content (AvgIpc) is 2.72. The average molecular weight is 406 g/mol. The van der Waals surface area contributed by atoms with Crippen LogP contribution in [-0.2, 0) is 4.79 Å². The van der Waals surface area contributed by atoms with E-state index in [-0.39, 0.29) is 24.5 Å². The third kappa shape index (κ3) is 3.54. The van der Waals surface area contributed by atoms with Gasteiger partial charge in [-0.1, -0.05) is 30.7 Å². The molecule has 1 amide bonds. The Morgan fingerprint density at radius 2 is 1.67 bits per heavy atom. The minimum Gasteiger partial charge on any atom is -0.395 e. The number of hydrogen-bond acceptors (Lipinski definition) is 4. The molecule has 0 unspecified atom stereocenters. The van der Waals surface area contributed by atoms with Crippen LogP contribution in [0.15, 0.2) is 48.8 Å². The Hall–Kier alpha value is -2.24. The predicted molar refractivity (Wildman–Crippen MR) is 117 cm³/mol. The van der Waals surface area contributed by atoms with E-state index in [9.17, 15) is 9.90 Å². The van der Waals surface area contributed by atoms with Crippen molar-refractivity contribution in [2.75, 3.05) is 26.2 Å². The van der Waals surface area contributed by atoms with E-state index in [4.69, 9.17) is 0 Å². The molecule has 1 aromatic heterocycles. The van der Waals surface area contributed by atoms with Crippen LogP contribution in [-0.4, -0.2) is 64.1 Å². The molecule has 0 bridgehead atoms. The lowest BCUT2D eigenvalue weighted by molar-refractivity contribution is -0.143. The summed E-state index contributed by atoms with van der Waals surface area (Å²) in [7, 11) is 0. The van der Waals surface area contributed by atoms with Crippen molar-refractivity contribution in [1.29, 1.82) is 0 Å². The second kappa shape index (κ2) is 8.48. The van der Waals surface area contributed by atoms with Gasteiger partial charge in [-0.2, -0.15) is 0 Å². The normalized spacial score (nSPS) is 27.4. The maximum absolute atomic E-state index is 13.0. The van der Waals surface area contributed by atoms with Crippen molar-refractivity contribution < 1.29 is 9.90 Å². The SMILES string of the molecule is O=C(C1CCC1)N1CCCCN2[C@H](C1)[C@H](c1ccc(-c3ccncc3)cc1)[C@@H]2CO. The van der Waals surface area contributed by atoms with Crippen molar-refractivity contribution in [1.82, 2.24) is 14.8 Å². The van der Waals surface area contributed by atoms with E-state index in [0.29, 0.717) is 11.9 Å². The van der Waals surface area contributed by atoms with Crippen molar-refractivity contribution in [3.05, 3.63) is 54.4 Å². The van der Waals surface area contributed by atoms with Crippen molar-refractivity contribution in [2.45, 2.75) is 50.1 Å². The molecule has 5 nitrogen and oxygen atoms in total. The molecule has 158 valence electrons. The standard InChI is InChI=1S/C25H31N3O2/c29-17-23-24(20-8-6-18(7-9-20)19-10-12-26-13-11-19)22-16-27(14-1-2-15-28(22)23)25(30)21-4-3-5-21/h6-13,21-24,29H,1-5,14-17H2/t22-,23+,24+/m1/s1. The fraction of sp³-hybridized carbons (Fsp3) is 0.520. The summed E-state index contributed by atoms with van der Waals surface area (Å²) >= 11 is 0. The smallest absolute Gasteiger partial charge is 0.225 e. The molecule has 2 saturated heterocycles. The number of carbonyl (C=O) groups excluding carboxylic acids is 1. The summed E-state index contributed by atoms with van der Waals surface area (Å²) in [5.41, 5.74) is 3.61. The fourth-order valence-corrected chi connectivity index (χ4v) is 5.50. The molecule has 3 heterocycles. The van der Waals surface area contributed by atoms with Crippen molar-refractivity contribution >= 4 is 5.91 Å². The molecule has 3 aliphatic rings. The number of fused-ring (bicyclic) bond motifs is 1. The Morgan fingerprint density at radius 1 is 0.967 bits per heavy atom. The molecule has 1 saturated carbocycles. The Bertz CT molecular complexity index is 866. The van der Waals surface area contributed by atoms with Gasteiger partial charge < -0.3 is 10.0 Å². The quantitative estimate of drug-likeness (QED) is 0.848. The first-order valence-corrected chi connectivity index (χ1v) is 11.4. The van der Waals surface area contributed by atoms with Crippen molar-refractivity contribution in [3.8, 4) is 11.1 Å². The maximum Gasteiger partial charge on any atom is 0.225 e. The second-order valence-corrected chi connectivity index (χ2v) is 9.06. The van der Waals surface area contributed by atoms with Crippen LogP contribution in [0.5, 0.6) is 0 Å². The number of nitrogens with zero attached hydrogens (tertiary/aromatic N) is 3. The number of hydrogen-bond donors (Lipinski definition) is 1. The lowest BCUT2D eigenvalue weighted by atomic mass is 9.74. The van der Waals surface area contributed by atoms with E-state index in [1.165, 1.54) is 17.5 Å². The van der Waals surface area contributed by atoms with Gasteiger partial charge in [0, 0.05) is 49.4 Å². The minimum atomic E-state index is 0.153. The largest absolute Gasteiger partial charge is 0.395 e. The van der Waals surface area contributed by atoms with Crippen LogP contribution in [0.4, 0.5) is 0 Å². The monoisotopic (exact) mass is 405 g/mol. The third-order valence-corrected chi connectivity index (χ3v) is 7.45. The highest BCUT2D eigenvalue weighted by molar-refractivity contribution is 5.79. The molecule has 2 aliphatic heterocycles. The van der Waals surface area contributed by atoms with Crippen LogP contribution < -0.4 is 0 Å². The first-order valence-electron chi connectivity index (χ1n) is 11.4. The zero-order valence-corrected chi connectivity index (χ0v) is 17.5. The summed E-state index contributed by atoms with van der Waals surface area (Å²) in [5, 5.41) is 10.1. The lowest BCUT2D eigenvalue weighted by Gasteiger charge is -2.57. The van der Waals surface area contributed by atoms with Crippen LogP contribution in [0.3, 0.4) is 0 Å². The summed E-state index contributed by atoms with van der Waals surface area (Å²) in [6.45, 7) is 2.87. The Labute approximate surface area is 178 Å². The second-order valence-electron chi connectivity index (χ2n) is 9.06. The van der Waals surface area contributed by atoms with Gasteiger partial charge in [0.25, 0.3) is 0 Å². The first-order chi connectivity index (χ1) is 14.8. The van der Waals surface area contributed by atoms with Crippen LogP contribution in [0.1, 0.15) is 43.6 Å². The summed E-state index contributed by atoms with van der Waals surface area (Å²) in [5.74, 6) is 0.892. The van der Waals surface area contributed by atoms with Crippen LogP contribution in [0.2, 0.25) is 0 Å². The van der Waals surface area contributed by atoms with E-state index >= 15 is 0 Å². The van der Waals surface area contributed by atoms with Crippen LogP contribution >= 0.6 is 0 Å². The Kier molecular flexibility index (Phi) is 5.57. The van der Waals surface area contributed by atoms with Crippen molar-refractivity contribution in [2.24, 2.45) is 5.92 Å². The maximum atomic E-state index is 13.0. The summed E-state index contributed by atoms with van der Waals surface area (Å²) in [6, 6.07) is 13.3. The number of aliphatic hydroxyl groups is 1. The molecule has 1 N–H and O–H groups in total. The van der Waals surface area contributed by atoms with E-state index in [0.717, 1.165) is 50.9 Å². The molecule has 3 atom stereocenters. The van der Waals surface area contributed by atoms with Crippen LogP contribution in [0.25, 0.3) is 11.1 Å². The molecule has 1 aliphatic carbocycles. The molecule has 30 heavy (non-hydrogen) atoms.